The average Bonchev–Trinajstić information content (AvgIpc) is 2.38. The van der Waals surface area contributed by atoms with Gasteiger partial charge in [-0.25, -0.2) is 4.79 Å². The highest BCUT2D eigenvalue weighted by Crippen LogP contribution is 2.27. The second-order valence-corrected chi connectivity index (χ2v) is 4.54. The predicted octanol–water partition coefficient (Wildman–Crippen LogP) is 4.45. The number of rotatable bonds is 2. The molecule has 2 nitrogen and oxygen atoms in total. The number of methoxy groups -OCH3 is 1. The molecule has 2 rings (SSSR count). The van der Waals surface area contributed by atoms with Crippen LogP contribution < -0.4 is 0 Å². The van der Waals surface area contributed by atoms with Gasteiger partial charge >= 0.3 is 5.97 Å². The van der Waals surface area contributed by atoms with Crippen molar-refractivity contribution in [3.05, 3.63) is 58.1 Å². The highest BCUT2D eigenvalue weighted by atomic mass is 35.5. The molecule has 0 fully saturated rings. The van der Waals surface area contributed by atoms with Crippen LogP contribution in [0.3, 0.4) is 0 Å². The summed E-state index contributed by atoms with van der Waals surface area (Å²) in [5.74, 6) is -0.442. The van der Waals surface area contributed by atoms with Crippen molar-refractivity contribution in [2.45, 2.75) is 0 Å². The molecule has 0 spiro atoms. The zero-order chi connectivity index (χ0) is 13.1. The lowest BCUT2D eigenvalue weighted by Crippen LogP contribution is -2.01. The van der Waals surface area contributed by atoms with Gasteiger partial charge < -0.3 is 4.74 Å². The van der Waals surface area contributed by atoms with E-state index in [4.69, 9.17) is 23.2 Å². The van der Waals surface area contributed by atoms with Crippen LogP contribution in [-0.4, -0.2) is 13.1 Å². The predicted molar refractivity (Wildman–Crippen MR) is 73.2 cm³/mol. The van der Waals surface area contributed by atoms with Crippen molar-refractivity contribution in [2.24, 2.45) is 0 Å². The van der Waals surface area contributed by atoms with Crippen LogP contribution in [0.15, 0.2) is 42.5 Å². The van der Waals surface area contributed by atoms with E-state index in [1.165, 1.54) is 7.11 Å². The lowest BCUT2D eigenvalue weighted by atomic mass is 10.0. The number of ether oxygens (including phenoxy) is 1. The van der Waals surface area contributed by atoms with Crippen LogP contribution >= 0.6 is 23.2 Å². The first kappa shape index (κ1) is 12.9. The molecule has 0 saturated heterocycles. The fourth-order valence-corrected chi connectivity index (χ4v) is 2.00. The third-order valence-electron chi connectivity index (χ3n) is 2.55. The molecule has 0 aromatic heterocycles. The molecule has 0 aliphatic heterocycles. The second kappa shape index (κ2) is 5.42. The van der Waals surface area contributed by atoms with E-state index < -0.39 is 5.97 Å². The first-order valence-electron chi connectivity index (χ1n) is 5.25. The maximum atomic E-state index is 11.4. The van der Waals surface area contributed by atoms with Gasteiger partial charge in [-0.2, -0.15) is 0 Å². The Morgan fingerprint density at radius 3 is 2.17 bits per heavy atom. The number of hydrogen-bond donors (Lipinski definition) is 0. The standard InChI is InChI=1S/C14H10Cl2O2/c1-18-14(17)12-7-4-10(8-13(12)16)9-2-5-11(15)6-3-9/h2-8H,1H3. The fourth-order valence-electron chi connectivity index (χ4n) is 1.61. The minimum Gasteiger partial charge on any atom is -0.465 e. The molecule has 92 valence electrons. The number of carbonyl (C=O) groups excluding carboxylic acids is 1. The Labute approximate surface area is 115 Å². The van der Waals surface area contributed by atoms with Crippen LogP contribution in [0, 0.1) is 0 Å². The largest absolute Gasteiger partial charge is 0.465 e. The first-order valence-corrected chi connectivity index (χ1v) is 6.01. The molecular formula is C14H10Cl2O2. The SMILES string of the molecule is COC(=O)c1ccc(-c2ccc(Cl)cc2)cc1Cl. The summed E-state index contributed by atoms with van der Waals surface area (Å²) in [6, 6.07) is 12.6. The zero-order valence-corrected chi connectivity index (χ0v) is 11.1. The van der Waals surface area contributed by atoms with Crippen LogP contribution in [0.1, 0.15) is 10.4 Å². The Morgan fingerprint density at radius 2 is 1.61 bits per heavy atom. The minimum atomic E-state index is -0.442. The van der Waals surface area contributed by atoms with Gasteiger partial charge in [0.25, 0.3) is 0 Å². The number of benzene rings is 2. The minimum absolute atomic E-state index is 0.358. The van der Waals surface area contributed by atoms with Gasteiger partial charge in [-0.05, 0) is 35.4 Å². The van der Waals surface area contributed by atoms with Crippen molar-refractivity contribution in [1.29, 1.82) is 0 Å². The van der Waals surface area contributed by atoms with Crippen molar-refractivity contribution < 1.29 is 9.53 Å². The Bertz CT molecular complexity index is 577. The zero-order valence-electron chi connectivity index (χ0n) is 9.61. The fraction of sp³-hybridized carbons (Fsp3) is 0.0714. The van der Waals surface area contributed by atoms with Gasteiger partial charge in [0.15, 0.2) is 0 Å². The van der Waals surface area contributed by atoms with Gasteiger partial charge in [0.05, 0.1) is 17.7 Å². The molecule has 0 bridgehead atoms. The normalized spacial score (nSPS) is 10.2. The van der Waals surface area contributed by atoms with Crippen molar-refractivity contribution in [2.75, 3.05) is 7.11 Å². The Balaban J connectivity index is 2.40. The van der Waals surface area contributed by atoms with E-state index in [-0.39, 0.29) is 0 Å². The Hall–Kier alpha value is -1.51. The monoisotopic (exact) mass is 280 g/mol. The van der Waals surface area contributed by atoms with Crippen molar-refractivity contribution in [1.82, 2.24) is 0 Å². The van der Waals surface area contributed by atoms with Gasteiger partial charge in [-0.3, -0.25) is 0 Å². The van der Waals surface area contributed by atoms with Crippen molar-refractivity contribution in [3.63, 3.8) is 0 Å². The molecule has 0 aliphatic carbocycles. The topological polar surface area (TPSA) is 26.3 Å². The van der Waals surface area contributed by atoms with Gasteiger partial charge in [0.1, 0.15) is 0 Å². The smallest absolute Gasteiger partial charge is 0.339 e. The molecule has 0 N–H and O–H groups in total. The summed E-state index contributed by atoms with van der Waals surface area (Å²) in [4.78, 5) is 11.4. The summed E-state index contributed by atoms with van der Waals surface area (Å²) in [5, 5.41) is 1.05. The van der Waals surface area contributed by atoms with E-state index in [0.717, 1.165) is 11.1 Å². The van der Waals surface area contributed by atoms with Gasteiger partial charge in [0, 0.05) is 5.02 Å². The van der Waals surface area contributed by atoms with Crippen LogP contribution in [0.4, 0.5) is 0 Å². The molecule has 0 saturated carbocycles. The highest BCUT2D eigenvalue weighted by Gasteiger charge is 2.11. The Kier molecular flexibility index (Phi) is 3.90. The molecule has 18 heavy (non-hydrogen) atoms. The van der Waals surface area contributed by atoms with Crippen molar-refractivity contribution >= 4 is 29.2 Å². The lowest BCUT2D eigenvalue weighted by Gasteiger charge is -2.06. The summed E-state index contributed by atoms with van der Waals surface area (Å²) in [7, 11) is 1.33. The summed E-state index contributed by atoms with van der Waals surface area (Å²) in [6.45, 7) is 0. The number of esters is 1. The Morgan fingerprint density at radius 1 is 1.00 bits per heavy atom. The van der Waals surface area contributed by atoms with E-state index in [1.54, 1.807) is 24.3 Å². The first-order chi connectivity index (χ1) is 8.61. The quantitative estimate of drug-likeness (QED) is 0.760. The molecule has 0 unspecified atom stereocenters. The molecule has 0 amide bonds. The summed E-state index contributed by atoms with van der Waals surface area (Å²) < 4.78 is 4.64. The molecule has 0 atom stereocenters. The van der Waals surface area contributed by atoms with E-state index in [1.807, 2.05) is 18.2 Å². The summed E-state index contributed by atoms with van der Waals surface area (Å²) in [5.41, 5.74) is 2.26. The molecule has 2 aromatic rings. The molecule has 4 heteroatoms. The van der Waals surface area contributed by atoms with Crippen LogP contribution in [0.2, 0.25) is 10.0 Å². The van der Waals surface area contributed by atoms with Crippen molar-refractivity contribution in [3.8, 4) is 11.1 Å². The molecule has 0 heterocycles. The van der Waals surface area contributed by atoms with Crippen LogP contribution in [-0.2, 0) is 4.74 Å². The highest BCUT2D eigenvalue weighted by molar-refractivity contribution is 6.34. The number of halogens is 2. The summed E-state index contributed by atoms with van der Waals surface area (Å²) >= 11 is 11.9. The third kappa shape index (κ3) is 2.66. The molecular weight excluding hydrogens is 271 g/mol. The third-order valence-corrected chi connectivity index (χ3v) is 3.12. The lowest BCUT2D eigenvalue weighted by molar-refractivity contribution is 0.0601. The molecule has 0 aliphatic rings. The van der Waals surface area contributed by atoms with E-state index in [2.05, 4.69) is 4.74 Å². The number of hydrogen-bond acceptors (Lipinski definition) is 2. The molecule has 2 aromatic carbocycles. The maximum absolute atomic E-state index is 11.4. The van der Waals surface area contributed by atoms with E-state index in [0.29, 0.717) is 15.6 Å². The van der Waals surface area contributed by atoms with E-state index in [9.17, 15) is 4.79 Å². The summed E-state index contributed by atoms with van der Waals surface area (Å²) in [6.07, 6.45) is 0. The number of carbonyl (C=O) groups is 1. The van der Waals surface area contributed by atoms with Crippen LogP contribution in [0.25, 0.3) is 11.1 Å². The van der Waals surface area contributed by atoms with Gasteiger partial charge in [-0.1, -0.05) is 41.4 Å². The van der Waals surface area contributed by atoms with E-state index >= 15 is 0 Å². The van der Waals surface area contributed by atoms with Gasteiger partial charge in [0.2, 0.25) is 0 Å². The second-order valence-electron chi connectivity index (χ2n) is 3.69. The molecule has 0 radical (unpaired) electrons. The maximum Gasteiger partial charge on any atom is 0.339 e. The average molecular weight is 281 g/mol. The van der Waals surface area contributed by atoms with Gasteiger partial charge in [-0.15, -0.1) is 0 Å². The van der Waals surface area contributed by atoms with Crippen LogP contribution in [0.5, 0.6) is 0 Å².